The van der Waals surface area contributed by atoms with E-state index in [9.17, 15) is 9.90 Å². The number of carbonyl (C=O) groups excluding carboxylic acids is 1. The number of hydrogen-bond donors (Lipinski definition) is 2. The number of amides is 1. The molecule has 2 aromatic rings. The van der Waals surface area contributed by atoms with Crippen molar-refractivity contribution in [3.63, 3.8) is 0 Å². The molecule has 0 saturated heterocycles. The van der Waals surface area contributed by atoms with Gasteiger partial charge in [0.2, 0.25) is 0 Å². The molecule has 0 spiro atoms. The highest BCUT2D eigenvalue weighted by atomic mass is 35.5. The second kappa shape index (κ2) is 6.52. The molecule has 0 aliphatic heterocycles. The third kappa shape index (κ3) is 3.11. The van der Waals surface area contributed by atoms with Gasteiger partial charge in [0.15, 0.2) is 11.3 Å². The van der Waals surface area contributed by atoms with E-state index in [0.717, 1.165) is 5.39 Å². The molecule has 6 heteroatoms. The smallest absolute Gasteiger partial charge is 0.287 e. The lowest BCUT2D eigenvalue weighted by Crippen LogP contribution is -2.41. The van der Waals surface area contributed by atoms with E-state index in [0.29, 0.717) is 10.6 Å². The Morgan fingerprint density at radius 1 is 1.55 bits per heavy atom. The van der Waals surface area contributed by atoms with Crippen molar-refractivity contribution in [3.8, 4) is 0 Å². The molecule has 20 heavy (non-hydrogen) atoms. The second-order valence-electron chi connectivity index (χ2n) is 4.49. The molecule has 4 nitrogen and oxygen atoms in total. The van der Waals surface area contributed by atoms with Crippen LogP contribution in [0, 0.1) is 0 Å². The maximum absolute atomic E-state index is 12.1. The highest BCUT2D eigenvalue weighted by molar-refractivity contribution is 7.99. The molecule has 2 rings (SSSR count). The van der Waals surface area contributed by atoms with Crippen LogP contribution >= 0.6 is 23.4 Å². The van der Waals surface area contributed by atoms with Crippen LogP contribution in [0.2, 0.25) is 5.02 Å². The van der Waals surface area contributed by atoms with Crippen LogP contribution in [0.1, 0.15) is 17.5 Å². The first kappa shape index (κ1) is 15.2. The fourth-order valence-electron chi connectivity index (χ4n) is 1.95. The van der Waals surface area contributed by atoms with Crippen LogP contribution in [-0.4, -0.2) is 35.2 Å². The Balaban J connectivity index is 2.17. The van der Waals surface area contributed by atoms with E-state index in [2.05, 4.69) is 5.32 Å². The average molecular weight is 314 g/mol. The number of fused-ring (bicyclic) bond motifs is 1. The van der Waals surface area contributed by atoms with Crippen LogP contribution in [0.4, 0.5) is 0 Å². The summed E-state index contributed by atoms with van der Waals surface area (Å²) in [5.41, 5.74) is 0.510. The molecule has 108 valence electrons. The molecular weight excluding hydrogens is 298 g/mol. The Morgan fingerprint density at radius 3 is 2.90 bits per heavy atom. The SMILES string of the molecule is CSC(CO)C(C)NC(=O)c1cc2cccc(Cl)c2o1. The number of thioether (sulfide) groups is 1. The summed E-state index contributed by atoms with van der Waals surface area (Å²) < 4.78 is 5.50. The van der Waals surface area contributed by atoms with Gasteiger partial charge >= 0.3 is 0 Å². The van der Waals surface area contributed by atoms with E-state index in [4.69, 9.17) is 16.0 Å². The van der Waals surface area contributed by atoms with E-state index >= 15 is 0 Å². The van der Waals surface area contributed by atoms with Gasteiger partial charge in [-0.3, -0.25) is 4.79 Å². The lowest BCUT2D eigenvalue weighted by molar-refractivity contribution is 0.0910. The van der Waals surface area contributed by atoms with Crippen molar-refractivity contribution in [2.45, 2.75) is 18.2 Å². The van der Waals surface area contributed by atoms with E-state index < -0.39 is 0 Å². The second-order valence-corrected chi connectivity index (χ2v) is 5.97. The lowest BCUT2D eigenvalue weighted by atomic mass is 10.2. The third-order valence-electron chi connectivity index (χ3n) is 3.12. The standard InChI is InChI=1S/C14H16ClNO3S/c1-8(12(7-17)20-2)16-14(18)11-6-9-4-3-5-10(15)13(9)19-11/h3-6,8,12,17H,7H2,1-2H3,(H,16,18). The van der Waals surface area contributed by atoms with E-state index in [-0.39, 0.29) is 29.6 Å². The molecule has 1 heterocycles. The summed E-state index contributed by atoms with van der Waals surface area (Å²) in [5, 5.41) is 13.3. The van der Waals surface area contributed by atoms with Gasteiger partial charge in [0.25, 0.3) is 5.91 Å². The number of para-hydroxylation sites is 1. The number of benzene rings is 1. The molecule has 1 aromatic heterocycles. The maximum atomic E-state index is 12.1. The minimum Gasteiger partial charge on any atom is -0.449 e. The Kier molecular flexibility index (Phi) is 4.96. The molecule has 2 atom stereocenters. The maximum Gasteiger partial charge on any atom is 0.287 e. The third-order valence-corrected chi connectivity index (χ3v) is 4.58. The number of aliphatic hydroxyl groups is 1. The summed E-state index contributed by atoms with van der Waals surface area (Å²) in [6, 6.07) is 6.86. The topological polar surface area (TPSA) is 62.5 Å². The highest BCUT2D eigenvalue weighted by Gasteiger charge is 2.20. The van der Waals surface area contributed by atoms with Crippen molar-refractivity contribution in [1.82, 2.24) is 5.32 Å². The zero-order valence-corrected chi connectivity index (χ0v) is 12.8. The quantitative estimate of drug-likeness (QED) is 0.891. The number of hydrogen-bond acceptors (Lipinski definition) is 4. The molecule has 2 N–H and O–H groups in total. The van der Waals surface area contributed by atoms with Crippen LogP contribution < -0.4 is 5.32 Å². The molecule has 0 radical (unpaired) electrons. The van der Waals surface area contributed by atoms with Crippen LogP contribution in [0.5, 0.6) is 0 Å². The van der Waals surface area contributed by atoms with E-state index in [1.807, 2.05) is 19.2 Å². The van der Waals surface area contributed by atoms with Crippen molar-refractivity contribution in [1.29, 1.82) is 0 Å². The Bertz CT molecular complexity index is 609. The van der Waals surface area contributed by atoms with Gasteiger partial charge in [-0.05, 0) is 25.3 Å². The first-order chi connectivity index (χ1) is 9.56. The van der Waals surface area contributed by atoms with E-state index in [1.54, 1.807) is 18.2 Å². The summed E-state index contributed by atoms with van der Waals surface area (Å²) in [4.78, 5) is 12.1. The molecule has 0 saturated carbocycles. The summed E-state index contributed by atoms with van der Waals surface area (Å²) in [6.07, 6.45) is 1.89. The fraction of sp³-hybridized carbons (Fsp3) is 0.357. The van der Waals surface area contributed by atoms with Crippen molar-refractivity contribution >= 4 is 40.2 Å². The van der Waals surface area contributed by atoms with Gasteiger partial charge in [0.1, 0.15) is 0 Å². The first-order valence-corrected chi connectivity index (χ1v) is 7.86. The van der Waals surface area contributed by atoms with Crippen LogP contribution in [-0.2, 0) is 0 Å². The summed E-state index contributed by atoms with van der Waals surface area (Å²) in [7, 11) is 0. The first-order valence-electron chi connectivity index (χ1n) is 6.19. The number of nitrogens with one attached hydrogen (secondary N) is 1. The Morgan fingerprint density at radius 2 is 2.30 bits per heavy atom. The normalized spacial score (nSPS) is 14.2. The number of halogens is 1. The predicted octanol–water partition coefficient (Wildman–Crippen LogP) is 2.93. The summed E-state index contributed by atoms with van der Waals surface area (Å²) in [5.74, 6) is -0.0880. The number of furan rings is 1. The molecule has 0 aliphatic rings. The summed E-state index contributed by atoms with van der Waals surface area (Å²) in [6.45, 7) is 1.86. The number of carbonyl (C=O) groups is 1. The molecule has 0 fully saturated rings. The minimum atomic E-state index is -0.308. The number of rotatable bonds is 5. The number of aliphatic hydroxyl groups excluding tert-OH is 1. The lowest BCUT2D eigenvalue weighted by Gasteiger charge is -2.20. The van der Waals surface area contributed by atoms with Gasteiger partial charge in [-0.25, -0.2) is 0 Å². The molecular formula is C14H16ClNO3S. The zero-order valence-electron chi connectivity index (χ0n) is 11.2. The average Bonchev–Trinajstić information content (AvgIpc) is 2.85. The van der Waals surface area contributed by atoms with E-state index in [1.165, 1.54) is 11.8 Å². The van der Waals surface area contributed by atoms with Gasteiger partial charge < -0.3 is 14.8 Å². The van der Waals surface area contributed by atoms with Crippen molar-refractivity contribution < 1.29 is 14.3 Å². The molecule has 1 aromatic carbocycles. The molecule has 2 unspecified atom stereocenters. The molecule has 0 bridgehead atoms. The van der Waals surface area contributed by atoms with Gasteiger partial charge in [-0.15, -0.1) is 0 Å². The zero-order chi connectivity index (χ0) is 14.7. The van der Waals surface area contributed by atoms with Gasteiger partial charge in [-0.1, -0.05) is 23.7 Å². The molecule has 1 amide bonds. The fourth-order valence-corrected chi connectivity index (χ4v) is 2.79. The van der Waals surface area contributed by atoms with Crippen molar-refractivity contribution in [2.24, 2.45) is 0 Å². The van der Waals surface area contributed by atoms with Gasteiger partial charge in [-0.2, -0.15) is 11.8 Å². The van der Waals surface area contributed by atoms with Crippen LogP contribution in [0.15, 0.2) is 28.7 Å². The Hall–Kier alpha value is -1.17. The van der Waals surface area contributed by atoms with Gasteiger partial charge in [0, 0.05) is 16.7 Å². The highest BCUT2D eigenvalue weighted by Crippen LogP contribution is 2.26. The summed E-state index contributed by atoms with van der Waals surface area (Å²) >= 11 is 7.52. The van der Waals surface area contributed by atoms with Crippen LogP contribution in [0.3, 0.4) is 0 Å². The van der Waals surface area contributed by atoms with Crippen LogP contribution in [0.25, 0.3) is 11.0 Å². The monoisotopic (exact) mass is 313 g/mol. The van der Waals surface area contributed by atoms with Gasteiger partial charge in [0.05, 0.1) is 11.6 Å². The predicted molar refractivity (Wildman–Crippen MR) is 82.5 cm³/mol. The largest absolute Gasteiger partial charge is 0.449 e. The molecule has 0 aliphatic carbocycles. The Labute approximate surface area is 126 Å². The minimum absolute atomic E-state index is 0.00850. The van der Waals surface area contributed by atoms with Crippen molar-refractivity contribution in [3.05, 3.63) is 35.0 Å². The van der Waals surface area contributed by atoms with Crippen molar-refractivity contribution in [2.75, 3.05) is 12.9 Å².